The molecule has 0 aliphatic carbocycles. The average Bonchev–Trinajstić information content (AvgIpc) is 3.03. The van der Waals surface area contributed by atoms with E-state index in [0.717, 1.165) is 18.4 Å². The van der Waals surface area contributed by atoms with Crippen molar-refractivity contribution in [3.8, 4) is 0 Å². The minimum atomic E-state index is -0.159. The maximum absolute atomic E-state index is 11.8. The van der Waals surface area contributed by atoms with Crippen LogP contribution in [0.4, 0.5) is 0 Å². The fourth-order valence-electron chi connectivity index (χ4n) is 3.07. The molecule has 3 heteroatoms. The highest BCUT2D eigenvalue weighted by Gasteiger charge is 2.19. The van der Waals surface area contributed by atoms with E-state index in [9.17, 15) is 4.79 Å². The molecular formula is C20H21NO2. The molecule has 1 N–H and O–H groups in total. The second-order valence-electron chi connectivity index (χ2n) is 5.79. The molecule has 0 unspecified atom stereocenters. The summed E-state index contributed by atoms with van der Waals surface area (Å²) < 4.78 is 4.89. The summed E-state index contributed by atoms with van der Waals surface area (Å²) >= 11 is 0. The van der Waals surface area contributed by atoms with Crippen molar-refractivity contribution in [2.45, 2.75) is 25.2 Å². The molecule has 0 fully saturated rings. The maximum Gasteiger partial charge on any atom is 0.306 e. The van der Waals surface area contributed by atoms with E-state index in [1.807, 2.05) is 24.4 Å². The minimum Gasteiger partial charge on any atom is -0.469 e. The van der Waals surface area contributed by atoms with Crippen LogP contribution in [0.5, 0.6) is 0 Å². The molecule has 0 amide bonds. The number of aromatic nitrogens is 1. The number of hydrogen-bond acceptors (Lipinski definition) is 2. The SMILES string of the molecule is COC(=O)C[C@H](CCc1ccccc1)c1c[nH]c2ccccc12. The summed E-state index contributed by atoms with van der Waals surface area (Å²) in [5, 5.41) is 1.19. The highest BCUT2D eigenvalue weighted by Crippen LogP contribution is 2.31. The summed E-state index contributed by atoms with van der Waals surface area (Å²) in [5.41, 5.74) is 3.60. The minimum absolute atomic E-state index is 0.152. The van der Waals surface area contributed by atoms with Gasteiger partial charge in [-0.25, -0.2) is 0 Å². The lowest BCUT2D eigenvalue weighted by molar-refractivity contribution is -0.141. The second kappa shape index (κ2) is 7.14. The molecule has 2 aromatic carbocycles. The van der Waals surface area contributed by atoms with E-state index in [0.29, 0.717) is 6.42 Å². The second-order valence-corrected chi connectivity index (χ2v) is 5.79. The molecule has 0 radical (unpaired) electrons. The van der Waals surface area contributed by atoms with Crippen molar-refractivity contribution in [2.24, 2.45) is 0 Å². The molecule has 0 aliphatic heterocycles. The highest BCUT2D eigenvalue weighted by atomic mass is 16.5. The van der Waals surface area contributed by atoms with Crippen molar-refractivity contribution in [1.82, 2.24) is 4.98 Å². The Morgan fingerprint density at radius 1 is 1.09 bits per heavy atom. The van der Waals surface area contributed by atoms with Crippen LogP contribution in [0.2, 0.25) is 0 Å². The van der Waals surface area contributed by atoms with E-state index in [2.05, 4.69) is 41.4 Å². The zero-order valence-electron chi connectivity index (χ0n) is 13.3. The fraction of sp³-hybridized carbons (Fsp3) is 0.250. The Bertz CT molecular complexity index is 776. The standard InChI is InChI=1S/C20H21NO2/c1-23-20(22)13-16(12-11-15-7-3-2-4-8-15)18-14-21-19-10-6-5-9-17(18)19/h2-10,14,16,21H,11-13H2,1H3/t16-/m0/s1. The van der Waals surface area contributed by atoms with Crippen molar-refractivity contribution in [3.63, 3.8) is 0 Å². The number of ether oxygens (including phenoxy) is 1. The van der Waals surface area contributed by atoms with E-state index in [1.165, 1.54) is 23.6 Å². The molecule has 0 saturated heterocycles. The lowest BCUT2D eigenvalue weighted by Crippen LogP contribution is -2.09. The van der Waals surface area contributed by atoms with Gasteiger partial charge in [-0.3, -0.25) is 4.79 Å². The monoisotopic (exact) mass is 307 g/mol. The largest absolute Gasteiger partial charge is 0.469 e. The number of methoxy groups -OCH3 is 1. The lowest BCUT2D eigenvalue weighted by Gasteiger charge is -2.15. The van der Waals surface area contributed by atoms with Gasteiger partial charge in [0.05, 0.1) is 13.5 Å². The van der Waals surface area contributed by atoms with Gasteiger partial charge in [0.25, 0.3) is 0 Å². The van der Waals surface area contributed by atoms with Crippen LogP contribution < -0.4 is 0 Å². The summed E-state index contributed by atoms with van der Waals surface area (Å²) in [5.74, 6) is -0.00727. The van der Waals surface area contributed by atoms with Crippen LogP contribution in [-0.2, 0) is 16.0 Å². The van der Waals surface area contributed by atoms with Crippen LogP contribution in [0.15, 0.2) is 60.8 Å². The fourth-order valence-corrected chi connectivity index (χ4v) is 3.07. The number of aromatic amines is 1. The van der Waals surface area contributed by atoms with Crippen molar-refractivity contribution >= 4 is 16.9 Å². The van der Waals surface area contributed by atoms with E-state index < -0.39 is 0 Å². The quantitative estimate of drug-likeness (QED) is 0.684. The van der Waals surface area contributed by atoms with Crippen molar-refractivity contribution < 1.29 is 9.53 Å². The third kappa shape index (κ3) is 3.62. The molecule has 0 saturated carbocycles. The van der Waals surface area contributed by atoms with Gasteiger partial charge >= 0.3 is 5.97 Å². The normalized spacial score (nSPS) is 12.2. The first kappa shape index (κ1) is 15.3. The van der Waals surface area contributed by atoms with Crippen LogP contribution in [0.3, 0.4) is 0 Å². The molecule has 0 bridgehead atoms. The molecule has 0 aliphatic rings. The van der Waals surface area contributed by atoms with Crippen LogP contribution in [-0.4, -0.2) is 18.1 Å². The Morgan fingerprint density at radius 3 is 2.61 bits per heavy atom. The topological polar surface area (TPSA) is 42.1 Å². The molecule has 0 spiro atoms. The summed E-state index contributed by atoms with van der Waals surface area (Å²) in [6.45, 7) is 0. The number of carbonyl (C=O) groups is 1. The van der Waals surface area contributed by atoms with Crippen molar-refractivity contribution in [3.05, 3.63) is 71.9 Å². The van der Waals surface area contributed by atoms with Gasteiger partial charge in [0, 0.05) is 17.1 Å². The summed E-state index contributed by atoms with van der Waals surface area (Å²) in [7, 11) is 1.45. The summed E-state index contributed by atoms with van der Waals surface area (Å²) in [4.78, 5) is 15.1. The van der Waals surface area contributed by atoms with Gasteiger partial charge < -0.3 is 9.72 Å². The Balaban J connectivity index is 1.84. The van der Waals surface area contributed by atoms with Crippen LogP contribution in [0.1, 0.15) is 29.9 Å². The van der Waals surface area contributed by atoms with Crippen LogP contribution in [0.25, 0.3) is 10.9 Å². The molecule has 1 heterocycles. The Labute approximate surface area is 136 Å². The smallest absolute Gasteiger partial charge is 0.306 e. The lowest BCUT2D eigenvalue weighted by atomic mass is 9.89. The molecule has 23 heavy (non-hydrogen) atoms. The highest BCUT2D eigenvalue weighted by molar-refractivity contribution is 5.84. The van der Waals surface area contributed by atoms with Gasteiger partial charge in [-0.1, -0.05) is 48.5 Å². The molecule has 3 aromatic rings. The maximum atomic E-state index is 11.8. The Morgan fingerprint density at radius 2 is 1.83 bits per heavy atom. The van der Waals surface area contributed by atoms with Gasteiger partial charge in [0.15, 0.2) is 0 Å². The summed E-state index contributed by atoms with van der Waals surface area (Å²) in [6.07, 6.45) is 4.30. The first-order valence-corrected chi connectivity index (χ1v) is 7.94. The van der Waals surface area contributed by atoms with Gasteiger partial charge in [-0.05, 0) is 36.0 Å². The molecule has 118 valence electrons. The number of aryl methyl sites for hydroxylation is 1. The Kier molecular flexibility index (Phi) is 4.77. The number of fused-ring (bicyclic) bond motifs is 1. The first-order valence-electron chi connectivity index (χ1n) is 7.94. The van der Waals surface area contributed by atoms with Gasteiger partial charge in [-0.15, -0.1) is 0 Å². The number of hydrogen-bond donors (Lipinski definition) is 1. The predicted molar refractivity (Wildman–Crippen MR) is 92.4 cm³/mol. The number of benzene rings is 2. The van der Waals surface area contributed by atoms with Crippen molar-refractivity contribution in [1.29, 1.82) is 0 Å². The molecule has 1 atom stereocenters. The van der Waals surface area contributed by atoms with Crippen LogP contribution >= 0.6 is 0 Å². The third-order valence-electron chi connectivity index (χ3n) is 4.33. The zero-order chi connectivity index (χ0) is 16.1. The van der Waals surface area contributed by atoms with Crippen LogP contribution in [0, 0.1) is 0 Å². The van der Waals surface area contributed by atoms with Gasteiger partial charge in [-0.2, -0.15) is 0 Å². The number of para-hydroxylation sites is 1. The molecule has 3 rings (SSSR count). The van der Waals surface area contributed by atoms with Crippen molar-refractivity contribution in [2.75, 3.05) is 7.11 Å². The van der Waals surface area contributed by atoms with E-state index in [1.54, 1.807) is 0 Å². The average molecular weight is 307 g/mol. The Hall–Kier alpha value is -2.55. The first-order chi connectivity index (χ1) is 11.3. The zero-order valence-corrected chi connectivity index (χ0v) is 13.3. The molecule has 3 nitrogen and oxygen atoms in total. The summed E-state index contributed by atoms with van der Waals surface area (Å²) in [6, 6.07) is 18.6. The number of H-pyrrole nitrogens is 1. The van der Waals surface area contributed by atoms with Gasteiger partial charge in [0.1, 0.15) is 0 Å². The number of rotatable bonds is 6. The van der Waals surface area contributed by atoms with Gasteiger partial charge in [0.2, 0.25) is 0 Å². The van der Waals surface area contributed by atoms with E-state index in [-0.39, 0.29) is 11.9 Å². The molecule has 1 aromatic heterocycles. The number of esters is 1. The predicted octanol–water partition coefficient (Wildman–Crippen LogP) is 4.45. The third-order valence-corrected chi connectivity index (χ3v) is 4.33. The number of nitrogens with one attached hydrogen (secondary N) is 1. The number of carbonyl (C=O) groups excluding carboxylic acids is 1. The molecular weight excluding hydrogens is 286 g/mol. The van der Waals surface area contributed by atoms with E-state index >= 15 is 0 Å². The van der Waals surface area contributed by atoms with E-state index in [4.69, 9.17) is 4.74 Å².